The third kappa shape index (κ3) is 4.67. The Morgan fingerprint density at radius 1 is 0.893 bits per heavy atom. The van der Waals surface area contributed by atoms with Crippen LogP contribution in [0.15, 0.2) is 83.8 Å². The number of benzene rings is 2. The van der Waals surface area contributed by atoms with Gasteiger partial charge in [0.05, 0.1) is 17.5 Å². The van der Waals surface area contributed by atoms with E-state index in [2.05, 4.69) is 37.3 Å². The highest BCUT2D eigenvalue weighted by Crippen LogP contribution is 2.24. The minimum atomic E-state index is 0.752. The Bertz CT molecular complexity index is 1120. The Labute approximate surface area is 166 Å². The standard InChI is InChI=1S/C22H15N5S/c1-2-4-20(5-3-1)21-15-28-22(26-21)27-25-14-18-9-6-17(7-10-18)8-11-19-12-23-16-24-13-19/h1-7,9-10,12-16H,(H,26,27). The van der Waals surface area contributed by atoms with Crippen LogP contribution in [-0.4, -0.2) is 21.2 Å². The van der Waals surface area contributed by atoms with Crippen LogP contribution in [0.1, 0.15) is 16.7 Å². The van der Waals surface area contributed by atoms with Crippen molar-refractivity contribution in [3.8, 4) is 23.1 Å². The van der Waals surface area contributed by atoms with E-state index in [-0.39, 0.29) is 0 Å². The molecule has 0 unspecified atom stereocenters. The molecular formula is C22H15N5S. The van der Waals surface area contributed by atoms with Gasteiger partial charge in [0.1, 0.15) is 6.33 Å². The van der Waals surface area contributed by atoms with E-state index < -0.39 is 0 Å². The predicted molar refractivity (Wildman–Crippen MR) is 113 cm³/mol. The van der Waals surface area contributed by atoms with Gasteiger partial charge >= 0.3 is 0 Å². The largest absolute Gasteiger partial charge is 0.253 e. The summed E-state index contributed by atoms with van der Waals surface area (Å²) >= 11 is 1.52. The number of rotatable bonds is 4. The summed E-state index contributed by atoms with van der Waals surface area (Å²) in [6, 6.07) is 17.9. The molecule has 28 heavy (non-hydrogen) atoms. The fourth-order valence-corrected chi connectivity index (χ4v) is 3.06. The number of hydrogen-bond donors (Lipinski definition) is 1. The van der Waals surface area contributed by atoms with Gasteiger partial charge in [-0.15, -0.1) is 11.3 Å². The number of aromatic nitrogens is 3. The third-order valence-electron chi connectivity index (χ3n) is 3.77. The highest BCUT2D eigenvalue weighted by atomic mass is 32.1. The fraction of sp³-hybridized carbons (Fsp3) is 0. The molecule has 4 rings (SSSR count). The molecule has 0 fully saturated rings. The van der Waals surface area contributed by atoms with Gasteiger partial charge < -0.3 is 0 Å². The fourth-order valence-electron chi connectivity index (χ4n) is 2.39. The molecule has 6 heteroatoms. The summed E-state index contributed by atoms with van der Waals surface area (Å²) in [6.45, 7) is 0. The SMILES string of the molecule is C(#Cc1cncnc1)c1ccc(C=NNc2nc(-c3ccccc3)cs2)cc1. The second kappa shape index (κ2) is 8.71. The van der Waals surface area contributed by atoms with Crippen LogP contribution >= 0.6 is 11.3 Å². The summed E-state index contributed by atoms with van der Waals surface area (Å²) in [5, 5.41) is 7.03. The molecule has 0 aliphatic rings. The molecule has 134 valence electrons. The van der Waals surface area contributed by atoms with E-state index in [0.717, 1.165) is 33.1 Å². The second-order valence-electron chi connectivity index (χ2n) is 5.77. The second-order valence-corrected chi connectivity index (χ2v) is 6.63. The first-order chi connectivity index (χ1) is 13.9. The van der Waals surface area contributed by atoms with Gasteiger partial charge in [0.25, 0.3) is 0 Å². The Morgan fingerprint density at radius 2 is 1.64 bits per heavy atom. The lowest BCUT2D eigenvalue weighted by Crippen LogP contribution is -1.90. The van der Waals surface area contributed by atoms with Crippen molar-refractivity contribution >= 4 is 22.7 Å². The summed E-state index contributed by atoms with van der Waals surface area (Å²) < 4.78 is 0. The van der Waals surface area contributed by atoms with Gasteiger partial charge in [-0.25, -0.2) is 15.0 Å². The van der Waals surface area contributed by atoms with Crippen molar-refractivity contribution in [1.29, 1.82) is 0 Å². The first kappa shape index (κ1) is 17.6. The smallest absolute Gasteiger partial charge is 0.203 e. The molecule has 2 aromatic carbocycles. The van der Waals surface area contributed by atoms with E-state index in [4.69, 9.17) is 0 Å². The lowest BCUT2D eigenvalue weighted by molar-refractivity contribution is 1.16. The van der Waals surface area contributed by atoms with E-state index in [0.29, 0.717) is 0 Å². The third-order valence-corrected chi connectivity index (χ3v) is 4.52. The Hall–Kier alpha value is -3.82. The Morgan fingerprint density at radius 3 is 2.43 bits per heavy atom. The van der Waals surface area contributed by atoms with Crippen LogP contribution in [0, 0.1) is 11.8 Å². The van der Waals surface area contributed by atoms with E-state index in [1.165, 1.54) is 17.7 Å². The highest BCUT2D eigenvalue weighted by Gasteiger charge is 2.02. The van der Waals surface area contributed by atoms with Gasteiger partial charge in [0, 0.05) is 28.9 Å². The number of hydrazone groups is 1. The summed E-state index contributed by atoms with van der Waals surface area (Å²) in [5.74, 6) is 6.12. The lowest BCUT2D eigenvalue weighted by atomic mass is 10.1. The van der Waals surface area contributed by atoms with Crippen molar-refractivity contribution in [3.05, 3.63) is 95.4 Å². The van der Waals surface area contributed by atoms with Crippen molar-refractivity contribution < 1.29 is 0 Å². The normalized spacial score (nSPS) is 10.4. The molecule has 0 aliphatic carbocycles. The van der Waals surface area contributed by atoms with Gasteiger partial charge in [-0.3, -0.25) is 5.43 Å². The number of thiazole rings is 1. The van der Waals surface area contributed by atoms with E-state index in [9.17, 15) is 0 Å². The zero-order valence-electron chi connectivity index (χ0n) is 14.8. The van der Waals surface area contributed by atoms with Crippen molar-refractivity contribution in [1.82, 2.24) is 15.0 Å². The molecule has 0 spiro atoms. The van der Waals surface area contributed by atoms with Crippen LogP contribution in [0.3, 0.4) is 0 Å². The Balaban J connectivity index is 1.37. The van der Waals surface area contributed by atoms with E-state index in [1.807, 2.05) is 60.0 Å². The maximum Gasteiger partial charge on any atom is 0.203 e. The van der Waals surface area contributed by atoms with E-state index in [1.54, 1.807) is 18.6 Å². The van der Waals surface area contributed by atoms with Gasteiger partial charge in [-0.1, -0.05) is 54.3 Å². The van der Waals surface area contributed by atoms with Gasteiger partial charge in [-0.2, -0.15) is 5.10 Å². The average molecular weight is 381 g/mol. The summed E-state index contributed by atoms with van der Waals surface area (Å²) in [4.78, 5) is 12.4. The van der Waals surface area contributed by atoms with Crippen molar-refractivity contribution in [2.24, 2.45) is 5.10 Å². The summed E-state index contributed by atoms with van der Waals surface area (Å²) in [6.07, 6.45) is 6.62. The minimum Gasteiger partial charge on any atom is -0.253 e. The molecule has 0 saturated heterocycles. The van der Waals surface area contributed by atoms with Crippen molar-refractivity contribution in [2.45, 2.75) is 0 Å². The van der Waals surface area contributed by atoms with Crippen molar-refractivity contribution in [3.63, 3.8) is 0 Å². The lowest BCUT2D eigenvalue weighted by Gasteiger charge is -1.96. The molecule has 4 aromatic rings. The number of anilines is 1. The minimum absolute atomic E-state index is 0.752. The molecular weight excluding hydrogens is 366 g/mol. The topological polar surface area (TPSA) is 63.1 Å². The zero-order valence-corrected chi connectivity index (χ0v) is 15.6. The number of hydrogen-bond acceptors (Lipinski definition) is 6. The zero-order chi connectivity index (χ0) is 19.0. The maximum absolute atomic E-state index is 4.54. The van der Waals surface area contributed by atoms with Crippen LogP contribution in [0.25, 0.3) is 11.3 Å². The summed E-state index contributed by atoms with van der Waals surface area (Å²) in [7, 11) is 0. The predicted octanol–water partition coefficient (Wildman–Crippen LogP) is 4.45. The molecule has 0 amide bonds. The molecule has 5 nitrogen and oxygen atoms in total. The van der Waals surface area contributed by atoms with Gasteiger partial charge in [0.2, 0.25) is 5.13 Å². The van der Waals surface area contributed by atoms with Crippen LogP contribution in [-0.2, 0) is 0 Å². The monoisotopic (exact) mass is 381 g/mol. The Kier molecular flexibility index (Phi) is 5.47. The first-order valence-electron chi connectivity index (χ1n) is 8.54. The molecule has 0 radical (unpaired) electrons. The van der Waals surface area contributed by atoms with E-state index >= 15 is 0 Å². The maximum atomic E-state index is 4.54. The molecule has 0 bridgehead atoms. The molecule has 0 atom stereocenters. The van der Waals surface area contributed by atoms with Crippen LogP contribution in [0.5, 0.6) is 0 Å². The first-order valence-corrected chi connectivity index (χ1v) is 9.42. The van der Waals surface area contributed by atoms with Gasteiger partial charge in [0.15, 0.2) is 0 Å². The van der Waals surface area contributed by atoms with Crippen LogP contribution < -0.4 is 5.43 Å². The average Bonchev–Trinajstić information content (AvgIpc) is 3.24. The molecule has 1 N–H and O–H groups in total. The quantitative estimate of drug-likeness (QED) is 0.322. The molecule has 2 heterocycles. The number of nitrogens with one attached hydrogen (secondary N) is 1. The molecule has 2 aromatic heterocycles. The molecule has 0 aliphatic heterocycles. The van der Waals surface area contributed by atoms with Crippen LogP contribution in [0.2, 0.25) is 0 Å². The van der Waals surface area contributed by atoms with Gasteiger partial charge in [-0.05, 0) is 17.7 Å². The highest BCUT2D eigenvalue weighted by molar-refractivity contribution is 7.14. The number of nitrogens with zero attached hydrogens (tertiary/aromatic N) is 4. The molecule has 0 saturated carbocycles. The van der Waals surface area contributed by atoms with Crippen LogP contribution in [0.4, 0.5) is 5.13 Å². The van der Waals surface area contributed by atoms with Crippen molar-refractivity contribution in [2.75, 3.05) is 5.43 Å². The summed E-state index contributed by atoms with van der Waals surface area (Å²) in [5.41, 5.74) is 7.69.